The molecular formula is C27H33N5O2S. The van der Waals surface area contributed by atoms with Crippen LogP contribution in [0.5, 0.6) is 0 Å². The Kier molecular flexibility index (Phi) is 8.97. The van der Waals surface area contributed by atoms with Crippen molar-refractivity contribution in [2.45, 2.75) is 45.6 Å². The summed E-state index contributed by atoms with van der Waals surface area (Å²) in [7, 11) is 0. The number of piperidine rings is 1. The van der Waals surface area contributed by atoms with E-state index < -0.39 is 0 Å². The normalized spacial score (nSPS) is 14.5. The molecule has 1 fully saturated rings. The second-order valence-corrected chi connectivity index (χ2v) is 10.2. The Morgan fingerprint density at radius 3 is 2.51 bits per heavy atom. The van der Waals surface area contributed by atoms with Crippen molar-refractivity contribution in [2.24, 2.45) is 5.92 Å². The summed E-state index contributed by atoms with van der Waals surface area (Å²) in [5.41, 5.74) is 3.38. The molecule has 3 aromatic rings. The number of hydrogen-bond acceptors (Lipinski definition) is 6. The molecule has 0 unspecified atom stereocenters. The molecule has 0 saturated carbocycles. The Bertz CT molecular complexity index is 1090. The van der Waals surface area contributed by atoms with Crippen LogP contribution in [-0.2, 0) is 17.8 Å². The van der Waals surface area contributed by atoms with Crippen LogP contribution in [-0.4, -0.2) is 46.5 Å². The minimum absolute atomic E-state index is 0.0821. The van der Waals surface area contributed by atoms with Gasteiger partial charge in [-0.05, 0) is 62.9 Å². The van der Waals surface area contributed by atoms with Crippen molar-refractivity contribution >= 4 is 28.8 Å². The summed E-state index contributed by atoms with van der Waals surface area (Å²) in [6.07, 6.45) is 4.02. The van der Waals surface area contributed by atoms with Crippen molar-refractivity contribution in [1.29, 1.82) is 0 Å². The van der Waals surface area contributed by atoms with E-state index in [1.807, 2.05) is 30.3 Å². The van der Waals surface area contributed by atoms with Crippen molar-refractivity contribution in [3.63, 3.8) is 0 Å². The Balaban J connectivity index is 1.10. The molecule has 1 aliphatic rings. The largest absolute Gasteiger partial charge is 0.356 e. The van der Waals surface area contributed by atoms with E-state index in [0.29, 0.717) is 30.2 Å². The lowest BCUT2D eigenvalue weighted by molar-refractivity contribution is -0.121. The molecule has 4 rings (SSSR count). The number of nitrogens with zero attached hydrogens (tertiary/aromatic N) is 3. The third-order valence-electron chi connectivity index (χ3n) is 6.31. The highest BCUT2D eigenvalue weighted by Crippen LogP contribution is 2.19. The molecule has 2 amide bonds. The number of carbonyl (C=O) groups is 2. The number of benzene rings is 2. The van der Waals surface area contributed by atoms with E-state index in [9.17, 15) is 9.59 Å². The van der Waals surface area contributed by atoms with Gasteiger partial charge in [-0.3, -0.25) is 14.5 Å². The third-order valence-corrected chi connectivity index (χ3v) is 7.29. The van der Waals surface area contributed by atoms with Crippen molar-refractivity contribution in [3.8, 4) is 0 Å². The third kappa shape index (κ3) is 7.97. The number of amides is 2. The van der Waals surface area contributed by atoms with Gasteiger partial charge in [0.05, 0.1) is 0 Å². The molecule has 1 aromatic heterocycles. The SMILES string of the molecule is Cc1ccc(CN2CCC(CNC(=O)CCCc3nnc(C(=O)Nc4ccccc4)s3)CC2)cc1. The topological polar surface area (TPSA) is 87.2 Å². The number of hydrogen-bond donors (Lipinski definition) is 2. The van der Waals surface area contributed by atoms with Gasteiger partial charge in [0.15, 0.2) is 0 Å². The first kappa shape index (κ1) is 25.0. The maximum Gasteiger partial charge on any atom is 0.286 e. The maximum atomic E-state index is 12.3. The molecule has 1 saturated heterocycles. The fraction of sp³-hybridized carbons (Fsp3) is 0.407. The second kappa shape index (κ2) is 12.6. The molecule has 7 nitrogen and oxygen atoms in total. The number of rotatable bonds is 10. The molecule has 1 aliphatic heterocycles. The van der Waals surface area contributed by atoms with Gasteiger partial charge in [0.1, 0.15) is 5.01 Å². The smallest absolute Gasteiger partial charge is 0.286 e. The molecule has 2 N–H and O–H groups in total. The van der Waals surface area contributed by atoms with Gasteiger partial charge in [-0.2, -0.15) is 0 Å². The van der Waals surface area contributed by atoms with E-state index in [-0.39, 0.29) is 11.8 Å². The summed E-state index contributed by atoms with van der Waals surface area (Å²) in [4.78, 5) is 27.1. The van der Waals surface area contributed by atoms with Gasteiger partial charge in [-0.1, -0.05) is 59.4 Å². The maximum absolute atomic E-state index is 12.3. The number of nitrogens with one attached hydrogen (secondary N) is 2. The Morgan fingerprint density at radius 1 is 1.03 bits per heavy atom. The van der Waals surface area contributed by atoms with Crippen LogP contribution in [0.4, 0.5) is 5.69 Å². The van der Waals surface area contributed by atoms with Crippen molar-refractivity contribution < 1.29 is 9.59 Å². The van der Waals surface area contributed by atoms with E-state index in [2.05, 4.69) is 56.9 Å². The van der Waals surface area contributed by atoms with Crippen molar-refractivity contribution in [1.82, 2.24) is 20.4 Å². The van der Waals surface area contributed by atoms with Gasteiger partial charge >= 0.3 is 0 Å². The van der Waals surface area contributed by atoms with Crippen LogP contribution in [0.2, 0.25) is 0 Å². The molecule has 0 atom stereocenters. The molecule has 35 heavy (non-hydrogen) atoms. The zero-order chi connectivity index (χ0) is 24.5. The first-order chi connectivity index (χ1) is 17.0. The van der Waals surface area contributed by atoms with Crippen LogP contribution in [0.3, 0.4) is 0 Å². The van der Waals surface area contributed by atoms with Crippen molar-refractivity contribution in [3.05, 3.63) is 75.7 Å². The standard InChI is InChI=1S/C27H33N5O2S/c1-20-10-12-22(13-11-20)19-32-16-14-21(15-17-32)18-28-24(33)8-5-9-25-30-31-27(35-25)26(34)29-23-6-3-2-4-7-23/h2-4,6-7,10-13,21H,5,8-9,14-19H2,1H3,(H,28,33)(H,29,34). The summed E-state index contributed by atoms with van der Waals surface area (Å²) < 4.78 is 0. The van der Waals surface area contributed by atoms with E-state index in [4.69, 9.17) is 0 Å². The molecule has 184 valence electrons. The lowest BCUT2D eigenvalue weighted by atomic mass is 9.96. The minimum Gasteiger partial charge on any atom is -0.356 e. The number of aryl methyl sites for hydroxylation is 2. The molecule has 0 spiro atoms. The summed E-state index contributed by atoms with van der Waals surface area (Å²) in [6.45, 7) is 6.02. The number of carbonyl (C=O) groups excluding carboxylic acids is 2. The molecule has 0 aliphatic carbocycles. The minimum atomic E-state index is -0.261. The second-order valence-electron chi connectivity index (χ2n) is 9.18. The highest BCUT2D eigenvalue weighted by Gasteiger charge is 2.20. The number of aromatic nitrogens is 2. The van der Waals surface area contributed by atoms with Gasteiger partial charge in [-0.15, -0.1) is 10.2 Å². The van der Waals surface area contributed by atoms with Crippen LogP contribution in [0.25, 0.3) is 0 Å². The lowest BCUT2D eigenvalue weighted by Crippen LogP contribution is -2.38. The van der Waals surface area contributed by atoms with E-state index in [0.717, 1.165) is 49.7 Å². The zero-order valence-corrected chi connectivity index (χ0v) is 21.0. The molecule has 0 bridgehead atoms. The Morgan fingerprint density at radius 2 is 1.77 bits per heavy atom. The van der Waals surface area contributed by atoms with Gasteiger partial charge in [0.25, 0.3) is 5.91 Å². The van der Waals surface area contributed by atoms with Crippen LogP contribution < -0.4 is 10.6 Å². The summed E-state index contributed by atoms with van der Waals surface area (Å²) >= 11 is 1.28. The fourth-order valence-electron chi connectivity index (χ4n) is 4.20. The average molecular weight is 492 g/mol. The Labute approximate surface area is 211 Å². The van der Waals surface area contributed by atoms with Gasteiger partial charge in [0.2, 0.25) is 10.9 Å². The first-order valence-electron chi connectivity index (χ1n) is 12.3. The molecule has 2 aromatic carbocycles. The number of likely N-dealkylation sites (tertiary alicyclic amines) is 1. The van der Waals surface area contributed by atoms with E-state index >= 15 is 0 Å². The van der Waals surface area contributed by atoms with Crippen molar-refractivity contribution in [2.75, 3.05) is 25.0 Å². The monoisotopic (exact) mass is 491 g/mol. The van der Waals surface area contributed by atoms with Crippen LogP contribution in [0.15, 0.2) is 54.6 Å². The van der Waals surface area contributed by atoms with Crippen LogP contribution in [0, 0.1) is 12.8 Å². The van der Waals surface area contributed by atoms with Gasteiger partial charge < -0.3 is 10.6 Å². The zero-order valence-electron chi connectivity index (χ0n) is 20.2. The van der Waals surface area contributed by atoms with E-state index in [1.165, 1.54) is 22.5 Å². The highest BCUT2D eigenvalue weighted by molar-refractivity contribution is 7.13. The molecule has 2 heterocycles. The highest BCUT2D eigenvalue weighted by atomic mass is 32.1. The van der Waals surface area contributed by atoms with Gasteiger partial charge in [-0.25, -0.2) is 0 Å². The first-order valence-corrected chi connectivity index (χ1v) is 13.1. The fourth-order valence-corrected chi connectivity index (χ4v) is 4.98. The number of anilines is 1. The van der Waals surface area contributed by atoms with Crippen LogP contribution >= 0.6 is 11.3 Å². The van der Waals surface area contributed by atoms with Gasteiger partial charge in [0, 0.05) is 31.6 Å². The quantitative estimate of drug-likeness (QED) is 0.438. The van der Waals surface area contributed by atoms with Crippen LogP contribution in [0.1, 0.15) is 51.6 Å². The molecular weight excluding hydrogens is 458 g/mol. The molecule has 0 radical (unpaired) electrons. The Hall–Kier alpha value is -3.10. The average Bonchev–Trinajstić information content (AvgIpc) is 3.35. The summed E-state index contributed by atoms with van der Waals surface area (Å²) in [6, 6.07) is 18.0. The number of para-hydroxylation sites is 1. The predicted octanol–water partition coefficient (Wildman–Crippen LogP) is 4.45. The molecule has 8 heteroatoms. The van der Waals surface area contributed by atoms with E-state index in [1.54, 1.807) is 0 Å². The summed E-state index contributed by atoms with van der Waals surface area (Å²) in [5, 5.41) is 15.1. The predicted molar refractivity (Wildman–Crippen MR) is 139 cm³/mol. The lowest BCUT2D eigenvalue weighted by Gasteiger charge is -2.32. The summed E-state index contributed by atoms with van der Waals surface area (Å²) in [5.74, 6) is 0.364.